The normalized spacial score (nSPS) is 15.2. The number of methoxy groups -OCH3 is 1. The Kier molecular flexibility index (Phi) is 5.89. The van der Waals surface area contributed by atoms with Crippen LogP contribution in [0.1, 0.15) is 17.0 Å². The zero-order valence-electron chi connectivity index (χ0n) is 16.8. The molecule has 3 aromatic rings. The van der Waals surface area contributed by atoms with Crippen LogP contribution in [0.5, 0.6) is 5.75 Å². The minimum atomic E-state index is -0.556. The van der Waals surface area contributed by atoms with Gasteiger partial charge in [-0.15, -0.1) is 0 Å². The van der Waals surface area contributed by atoms with Crippen LogP contribution in [0.4, 0.5) is 9.18 Å². The van der Waals surface area contributed by atoms with Gasteiger partial charge in [-0.1, -0.05) is 17.7 Å². The number of rotatable bonds is 5. The average molecular weight is 457 g/mol. The van der Waals surface area contributed by atoms with Crippen molar-refractivity contribution in [1.82, 2.24) is 9.47 Å². The largest absolute Gasteiger partial charge is 0.497 e. The van der Waals surface area contributed by atoms with Crippen LogP contribution < -0.4 is 4.74 Å². The molecule has 2 amide bonds. The van der Waals surface area contributed by atoms with Crippen LogP contribution in [-0.2, 0) is 11.3 Å². The maximum atomic E-state index is 14.1. The Hall–Kier alpha value is -3.03. The van der Waals surface area contributed by atoms with Crippen LogP contribution in [-0.4, -0.2) is 27.7 Å². The maximum Gasteiger partial charge on any atom is 0.293 e. The van der Waals surface area contributed by atoms with Crippen LogP contribution in [0.3, 0.4) is 0 Å². The number of carbonyl (C=O) groups excluding carboxylic acids is 2. The molecule has 1 fully saturated rings. The number of carbonyl (C=O) groups is 2. The van der Waals surface area contributed by atoms with Crippen LogP contribution >= 0.6 is 23.4 Å². The first-order valence-electron chi connectivity index (χ1n) is 9.40. The fraction of sp³-hybridized carbons (Fsp3) is 0.130. The minimum Gasteiger partial charge on any atom is -0.497 e. The van der Waals surface area contributed by atoms with Crippen molar-refractivity contribution in [2.24, 2.45) is 0 Å². The monoisotopic (exact) mass is 456 g/mol. The second-order valence-electron chi connectivity index (χ2n) is 6.90. The molecule has 8 heteroatoms. The van der Waals surface area contributed by atoms with Gasteiger partial charge in [0.25, 0.3) is 11.1 Å². The highest BCUT2D eigenvalue weighted by Crippen LogP contribution is 2.35. The van der Waals surface area contributed by atoms with Crippen molar-refractivity contribution in [2.45, 2.75) is 13.5 Å². The Morgan fingerprint density at radius 1 is 1.10 bits per heavy atom. The summed E-state index contributed by atoms with van der Waals surface area (Å²) in [6.07, 6.45) is 1.67. The maximum absolute atomic E-state index is 14.1. The molecule has 0 atom stereocenters. The highest BCUT2D eigenvalue weighted by Gasteiger charge is 2.36. The Morgan fingerprint density at radius 3 is 2.52 bits per heavy atom. The summed E-state index contributed by atoms with van der Waals surface area (Å²) >= 11 is 6.89. The Labute approximate surface area is 188 Å². The SMILES string of the molecule is COc1ccc(-n2c(C)ccc2/C=C2\SC(=O)N(Cc3c(F)cccc3Cl)C2=O)cc1. The van der Waals surface area contributed by atoms with Crippen molar-refractivity contribution in [1.29, 1.82) is 0 Å². The van der Waals surface area contributed by atoms with E-state index in [1.807, 2.05) is 47.9 Å². The fourth-order valence-electron chi connectivity index (χ4n) is 3.37. The smallest absolute Gasteiger partial charge is 0.293 e. The van der Waals surface area contributed by atoms with Gasteiger partial charge in [0.15, 0.2) is 0 Å². The summed E-state index contributed by atoms with van der Waals surface area (Å²) < 4.78 is 21.3. The predicted octanol–water partition coefficient (Wildman–Crippen LogP) is 5.82. The number of imide groups is 1. The number of aromatic nitrogens is 1. The molecular formula is C23H18ClFN2O3S. The van der Waals surface area contributed by atoms with E-state index in [1.165, 1.54) is 18.2 Å². The molecule has 0 unspecified atom stereocenters. The second kappa shape index (κ2) is 8.61. The van der Waals surface area contributed by atoms with Crippen molar-refractivity contribution in [2.75, 3.05) is 7.11 Å². The number of halogens is 2. The summed E-state index contributed by atoms with van der Waals surface area (Å²) in [5.41, 5.74) is 2.72. The number of thioether (sulfide) groups is 1. The number of hydrogen-bond donors (Lipinski definition) is 0. The first kappa shape index (κ1) is 21.2. The first-order valence-corrected chi connectivity index (χ1v) is 10.6. The molecule has 0 N–H and O–H groups in total. The van der Waals surface area contributed by atoms with E-state index in [4.69, 9.17) is 16.3 Å². The molecule has 4 rings (SSSR count). The molecule has 2 aromatic carbocycles. The molecule has 158 valence electrons. The Morgan fingerprint density at radius 2 is 1.84 bits per heavy atom. The third kappa shape index (κ3) is 4.11. The van der Waals surface area contributed by atoms with E-state index in [0.29, 0.717) is 0 Å². The van der Waals surface area contributed by atoms with E-state index in [2.05, 4.69) is 0 Å². The number of nitrogens with zero attached hydrogens (tertiary/aromatic N) is 2. The summed E-state index contributed by atoms with van der Waals surface area (Å²) in [7, 11) is 1.60. The highest BCUT2D eigenvalue weighted by atomic mass is 35.5. The molecule has 2 heterocycles. The van der Waals surface area contributed by atoms with Gasteiger partial charge in [0.05, 0.1) is 18.6 Å². The standard InChI is InChI=1S/C23H18ClFN2O3S/c1-14-6-7-16(27(14)15-8-10-17(30-2)11-9-15)12-21-22(28)26(23(29)31-21)13-18-19(24)4-3-5-20(18)25/h3-12H,13H2,1-2H3/b21-12-. The minimum absolute atomic E-state index is 0.116. The van der Waals surface area contributed by atoms with Crippen LogP contribution in [0.15, 0.2) is 59.5 Å². The summed E-state index contributed by atoms with van der Waals surface area (Å²) in [4.78, 5) is 26.7. The average Bonchev–Trinajstić information content (AvgIpc) is 3.24. The molecular weight excluding hydrogens is 439 g/mol. The molecule has 1 saturated heterocycles. The molecule has 1 aliphatic rings. The molecule has 1 aliphatic heterocycles. The number of ether oxygens (including phenoxy) is 1. The van der Waals surface area contributed by atoms with E-state index in [1.54, 1.807) is 13.2 Å². The van der Waals surface area contributed by atoms with Crippen molar-refractivity contribution in [3.63, 3.8) is 0 Å². The summed E-state index contributed by atoms with van der Waals surface area (Å²) in [5.74, 6) is -0.294. The summed E-state index contributed by atoms with van der Waals surface area (Å²) in [6, 6.07) is 15.6. The van der Waals surface area contributed by atoms with E-state index < -0.39 is 17.0 Å². The molecule has 5 nitrogen and oxygen atoms in total. The summed E-state index contributed by atoms with van der Waals surface area (Å²) in [5, 5.41) is -0.290. The van der Waals surface area contributed by atoms with Crippen molar-refractivity contribution < 1.29 is 18.7 Å². The lowest BCUT2D eigenvalue weighted by atomic mass is 10.2. The van der Waals surface area contributed by atoms with Gasteiger partial charge in [-0.3, -0.25) is 14.5 Å². The van der Waals surface area contributed by atoms with Crippen LogP contribution in [0, 0.1) is 12.7 Å². The Bertz CT molecular complexity index is 1180. The third-order valence-corrected chi connectivity index (χ3v) is 6.23. The van der Waals surface area contributed by atoms with Gasteiger partial charge >= 0.3 is 0 Å². The molecule has 31 heavy (non-hydrogen) atoms. The van der Waals surface area contributed by atoms with Crippen LogP contribution in [0.2, 0.25) is 5.02 Å². The van der Waals surface area contributed by atoms with E-state index in [9.17, 15) is 14.0 Å². The molecule has 1 aromatic heterocycles. The van der Waals surface area contributed by atoms with Crippen LogP contribution in [0.25, 0.3) is 11.8 Å². The lowest BCUT2D eigenvalue weighted by Crippen LogP contribution is -2.28. The number of amides is 2. The molecule has 0 saturated carbocycles. The zero-order valence-corrected chi connectivity index (χ0v) is 18.3. The molecule has 0 spiro atoms. The molecule has 0 bridgehead atoms. The van der Waals surface area contributed by atoms with Crippen molar-refractivity contribution >= 4 is 40.6 Å². The fourth-order valence-corrected chi connectivity index (χ4v) is 4.41. The van der Waals surface area contributed by atoms with Crippen molar-refractivity contribution in [3.8, 4) is 11.4 Å². The number of hydrogen-bond acceptors (Lipinski definition) is 4. The van der Waals surface area contributed by atoms with Gasteiger partial charge < -0.3 is 9.30 Å². The lowest BCUT2D eigenvalue weighted by molar-refractivity contribution is -0.123. The van der Waals surface area contributed by atoms with Gasteiger partial charge in [0, 0.05) is 27.7 Å². The van der Waals surface area contributed by atoms with Gasteiger partial charge in [-0.2, -0.15) is 0 Å². The van der Waals surface area contributed by atoms with Crippen molar-refractivity contribution in [3.05, 3.63) is 87.3 Å². The lowest BCUT2D eigenvalue weighted by Gasteiger charge is -2.14. The quantitative estimate of drug-likeness (QED) is 0.454. The number of benzene rings is 2. The molecule has 0 radical (unpaired) electrons. The van der Waals surface area contributed by atoms with Gasteiger partial charge in [0.2, 0.25) is 0 Å². The molecule has 0 aliphatic carbocycles. The van der Waals surface area contributed by atoms with Gasteiger partial charge in [-0.05, 0) is 73.3 Å². The number of aryl methyl sites for hydroxylation is 1. The van der Waals surface area contributed by atoms with E-state index in [-0.39, 0.29) is 22.0 Å². The highest BCUT2D eigenvalue weighted by molar-refractivity contribution is 8.18. The van der Waals surface area contributed by atoms with E-state index >= 15 is 0 Å². The second-order valence-corrected chi connectivity index (χ2v) is 8.30. The van der Waals surface area contributed by atoms with E-state index in [0.717, 1.165) is 39.5 Å². The third-order valence-electron chi connectivity index (χ3n) is 4.97. The Balaban J connectivity index is 1.65. The zero-order chi connectivity index (χ0) is 22.1. The van der Waals surface area contributed by atoms with Gasteiger partial charge in [-0.25, -0.2) is 4.39 Å². The predicted molar refractivity (Wildman–Crippen MR) is 120 cm³/mol. The topological polar surface area (TPSA) is 51.5 Å². The first-order chi connectivity index (χ1) is 14.9. The van der Waals surface area contributed by atoms with Gasteiger partial charge in [0.1, 0.15) is 11.6 Å². The summed E-state index contributed by atoms with van der Waals surface area (Å²) in [6.45, 7) is 1.74.